The zero-order chi connectivity index (χ0) is 6.85. The summed E-state index contributed by atoms with van der Waals surface area (Å²) >= 11 is 0. The number of nitrogens with one attached hydrogen (secondary N) is 1. The molecule has 1 aliphatic rings. The Kier molecular flexibility index (Phi) is 1.40. The summed E-state index contributed by atoms with van der Waals surface area (Å²) in [5, 5.41) is 2.77. The summed E-state index contributed by atoms with van der Waals surface area (Å²) in [6, 6.07) is 0. The van der Waals surface area contributed by atoms with Gasteiger partial charge in [0.25, 0.3) is 0 Å². The number of nitrogens with two attached hydrogens (primary N) is 2. The summed E-state index contributed by atoms with van der Waals surface area (Å²) in [5.74, 6) is 0.609. The number of rotatable bonds is 0. The lowest BCUT2D eigenvalue weighted by molar-refractivity contribution is 0.601. The van der Waals surface area contributed by atoms with Gasteiger partial charge in [0.2, 0.25) is 0 Å². The third-order valence-corrected chi connectivity index (χ3v) is 1.16. The van der Waals surface area contributed by atoms with Crippen LogP contribution < -0.4 is 16.8 Å². The lowest BCUT2D eigenvalue weighted by Crippen LogP contribution is -2.40. The molecule has 0 aromatic rings. The fourth-order valence-corrected chi connectivity index (χ4v) is 0.572. The van der Waals surface area contributed by atoms with E-state index in [2.05, 4.69) is 10.3 Å². The van der Waals surface area contributed by atoms with Gasteiger partial charge in [0.05, 0.1) is 0 Å². The van der Waals surface area contributed by atoms with Crippen LogP contribution in [0.3, 0.4) is 0 Å². The maximum absolute atomic E-state index is 5.47. The van der Waals surface area contributed by atoms with E-state index in [0.717, 1.165) is 5.57 Å². The first kappa shape index (κ1) is 6.10. The van der Waals surface area contributed by atoms with Crippen molar-refractivity contribution in [2.24, 2.45) is 16.5 Å². The number of aliphatic imine (C=N–C) groups is 1. The smallest absolute Gasteiger partial charge is 0.172 e. The lowest BCUT2D eigenvalue weighted by Gasteiger charge is -2.16. The first-order valence-corrected chi connectivity index (χ1v) is 2.72. The van der Waals surface area contributed by atoms with Gasteiger partial charge < -0.3 is 11.1 Å². The van der Waals surface area contributed by atoms with Crippen molar-refractivity contribution in [3.05, 3.63) is 11.4 Å². The topological polar surface area (TPSA) is 76.4 Å². The Labute approximate surface area is 53.6 Å². The molecule has 5 N–H and O–H groups in total. The molecule has 1 unspecified atom stereocenters. The van der Waals surface area contributed by atoms with Crippen molar-refractivity contribution in [3.63, 3.8) is 0 Å². The van der Waals surface area contributed by atoms with E-state index in [1.807, 2.05) is 6.92 Å². The monoisotopic (exact) mass is 126 g/mol. The van der Waals surface area contributed by atoms with Crippen LogP contribution in [-0.4, -0.2) is 12.5 Å². The van der Waals surface area contributed by atoms with E-state index in [9.17, 15) is 0 Å². The fourth-order valence-electron chi connectivity index (χ4n) is 0.572. The van der Waals surface area contributed by atoms with Gasteiger partial charge >= 0.3 is 0 Å². The molecule has 0 amide bonds. The Bertz CT molecular complexity index is 170. The zero-order valence-corrected chi connectivity index (χ0v) is 5.26. The van der Waals surface area contributed by atoms with Gasteiger partial charge in [-0.1, -0.05) is 0 Å². The molecule has 0 radical (unpaired) electrons. The van der Waals surface area contributed by atoms with Crippen molar-refractivity contribution >= 4 is 6.21 Å². The minimum Gasteiger partial charge on any atom is -0.385 e. The molecule has 0 spiro atoms. The van der Waals surface area contributed by atoms with Gasteiger partial charge in [-0.3, -0.25) is 10.7 Å². The molecule has 50 valence electrons. The molecule has 4 nitrogen and oxygen atoms in total. The number of nitrogens with zero attached hydrogens (tertiary/aromatic N) is 1. The highest BCUT2D eigenvalue weighted by molar-refractivity contribution is 5.79. The van der Waals surface area contributed by atoms with E-state index in [1.54, 1.807) is 6.21 Å². The molecule has 0 bridgehead atoms. The molecule has 1 aliphatic heterocycles. The maximum atomic E-state index is 5.47. The van der Waals surface area contributed by atoms with E-state index in [4.69, 9.17) is 11.5 Å². The van der Waals surface area contributed by atoms with Crippen molar-refractivity contribution in [2.75, 3.05) is 0 Å². The second-order valence-corrected chi connectivity index (χ2v) is 1.96. The van der Waals surface area contributed by atoms with Crippen molar-refractivity contribution in [2.45, 2.75) is 13.2 Å². The third-order valence-electron chi connectivity index (χ3n) is 1.16. The largest absolute Gasteiger partial charge is 0.385 e. The van der Waals surface area contributed by atoms with E-state index in [-0.39, 0.29) is 6.29 Å². The van der Waals surface area contributed by atoms with Gasteiger partial charge in [-0.05, 0) is 6.92 Å². The molecule has 4 heteroatoms. The molecule has 9 heavy (non-hydrogen) atoms. The van der Waals surface area contributed by atoms with Crippen LogP contribution in [0.25, 0.3) is 0 Å². The van der Waals surface area contributed by atoms with Gasteiger partial charge in [0, 0.05) is 11.8 Å². The lowest BCUT2D eigenvalue weighted by atomic mass is 10.3. The van der Waals surface area contributed by atoms with Crippen LogP contribution in [0.1, 0.15) is 6.92 Å². The fraction of sp³-hybridized carbons (Fsp3) is 0.400. The normalized spacial score (nSPS) is 26.2. The average molecular weight is 126 g/mol. The molecular weight excluding hydrogens is 116 g/mol. The van der Waals surface area contributed by atoms with Gasteiger partial charge in [0.1, 0.15) is 5.82 Å². The Hall–Kier alpha value is -1.03. The van der Waals surface area contributed by atoms with E-state index < -0.39 is 0 Å². The zero-order valence-electron chi connectivity index (χ0n) is 5.26. The van der Waals surface area contributed by atoms with Gasteiger partial charge in [0.15, 0.2) is 6.29 Å². The highest BCUT2D eigenvalue weighted by Crippen LogP contribution is 1.97. The molecule has 1 heterocycles. The van der Waals surface area contributed by atoms with E-state index >= 15 is 0 Å². The Morgan fingerprint density at radius 1 is 1.78 bits per heavy atom. The van der Waals surface area contributed by atoms with Crippen LogP contribution >= 0.6 is 0 Å². The summed E-state index contributed by atoms with van der Waals surface area (Å²) in [6.45, 7) is 1.87. The van der Waals surface area contributed by atoms with Crippen molar-refractivity contribution < 1.29 is 0 Å². The molecule has 0 aromatic carbocycles. The average Bonchev–Trinajstić information content (AvgIpc) is 1.80. The van der Waals surface area contributed by atoms with Crippen molar-refractivity contribution in [3.8, 4) is 0 Å². The van der Waals surface area contributed by atoms with Gasteiger partial charge in [-0.2, -0.15) is 0 Å². The quantitative estimate of drug-likeness (QED) is 0.393. The summed E-state index contributed by atoms with van der Waals surface area (Å²) in [5.41, 5.74) is 11.8. The summed E-state index contributed by atoms with van der Waals surface area (Å²) in [7, 11) is 0. The summed E-state index contributed by atoms with van der Waals surface area (Å²) in [4.78, 5) is 3.87. The van der Waals surface area contributed by atoms with Crippen LogP contribution in [0, 0.1) is 0 Å². The van der Waals surface area contributed by atoms with E-state index in [1.165, 1.54) is 0 Å². The number of allylic oxidation sites excluding steroid dienone is 1. The molecule has 0 saturated carbocycles. The second kappa shape index (κ2) is 2.06. The predicted molar refractivity (Wildman–Crippen MR) is 36.5 cm³/mol. The minimum absolute atomic E-state index is 0.367. The molecule has 0 saturated heterocycles. The highest BCUT2D eigenvalue weighted by atomic mass is 15.2. The van der Waals surface area contributed by atoms with Crippen molar-refractivity contribution in [1.82, 2.24) is 5.32 Å². The molecular formula is C5H10N4. The van der Waals surface area contributed by atoms with Crippen molar-refractivity contribution in [1.29, 1.82) is 0 Å². The SMILES string of the molecule is CC1=C(N)NC(N)N=C1. The second-order valence-electron chi connectivity index (χ2n) is 1.96. The third kappa shape index (κ3) is 1.20. The van der Waals surface area contributed by atoms with Crippen LogP contribution in [0.2, 0.25) is 0 Å². The molecule has 1 rings (SSSR count). The summed E-state index contributed by atoms with van der Waals surface area (Å²) in [6.07, 6.45) is 1.30. The molecule has 0 aromatic heterocycles. The molecule has 0 aliphatic carbocycles. The first-order chi connectivity index (χ1) is 4.20. The predicted octanol–water partition coefficient (Wildman–Crippen LogP) is -0.907. The van der Waals surface area contributed by atoms with Gasteiger partial charge in [-0.15, -0.1) is 0 Å². The van der Waals surface area contributed by atoms with Crippen LogP contribution in [0.15, 0.2) is 16.4 Å². The molecule has 0 fully saturated rings. The van der Waals surface area contributed by atoms with Crippen LogP contribution in [-0.2, 0) is 0 Å². The standard InChI is InChI=1S/C5H10N4/c1-3-2-8-5(7)9-4(3)6/h2,5,9H,6-7H2,1H3. The number of hydrogen-bond acceptors (Lipinski definition) is 4. The summed E-state index contributed by atoms with van der Waals surface area (Å²) < 4.78 is 0. The van der Waals surface area contributed by atoms with Crippen LogP contribution in [0.5, 0.6) is 0 Å². The van der Waals surface area contributed by atoms with E-state index in [0.29, 0.717) is 5.82 Å². The maximum Gasteiger partial charge on any atom is 0.172 e. The molecule has 1 atom stereocenters. The van der Waals surface area contributed by atoms with Crippen LogP contribution in [0.4, 0.5) is 0 Å². The number of hydrogen-bond donors (Lipinski definition) is 3. The first-order valence-electron chi connectivity index (χ1n) is 2.72. The minimum atomic E-state index is -0.367. The highest BCUT2D eigenvalue weighted by Gasteiger charge is 2.04. The Balaban J connectivity index is 2.75. The Morgan fingerprint density at radius 3 is 2.89 bits per heavy atom. The Morgan fingerprint density at radius 2 is 2.44 bits per heavy atom. The van der Waals surface area contributed by atoms with Gasteiger partial charge in [-0.25, -0.2) is 0 Å².